The molecule has 0 saturated carbocycles. The molecule has 0 saturated heterocycles. The number of likely N-dealkylation sites (N-methyl/N-ethyl adjacent to an activating group) is 1. The third-order valence-electron chi connectivity index (χ3n) is 3.88. The summed E-state index contributed by atoms with van der Waals surface area (Å²) in [5, 5.41) is 3.55. The van der Waals surface area contributed by atoms with Gasteiger partial charge in [0.1, 0.15) is 0 Å². The van der Waals surface area contributed by atoms with Crippen LogP contribution in [-0.2, 0) is 12.8 Å². The molecule has 1 aromatic carbocycles. The van der Waals surface area contributed by atoms with Gasteiger partial charge in [0.2, 0.25) is 0 Å². The third-order valence-corrected chi connectivity index (χ3v) is 3.88. The number of nitrogens with one attached hydrogen (secondary N) is 1. The first-order chi connectivity index (χ1) is 8.70. The van der Waals surface area contributed by atoms with E-state index in [4.69, 9.17) is 0 Å². The van der Waals surface area contributed by atoms with Crippen LogP contribution in [0.3, 0.4) is 0 Å². The highest BCUT2D eigenvalue weighted by Gasteiger charge is 2.15. The Hall–Kier alpha value is -1.02. The van der Waals surface area contributed by atoms with E-state index in [-0.39, 0.29) is 0 Å². The third kappa shape index (κ3) is 3.26. The predicted molar refractivity (Wildman–Crippen MR) is 79.5 cm³/mol. The lowest BCUT2D eigenvalue weighted by molar-refractivity contribution is 0.514. The fourth-order valence-corrected chi connectivity index (χ4v) is 2.65. The molecular weight excluding hydrogens is 220 g/mol. The highest BCUT2D eigenvalue weighted by molar-refractivity contribution is 5.58. The zero-order chi connectivity index (χ0) is 13.0. The van der Waals surface area contributed by atoms with E-state index in [0.29, 0.717) is 6.04 Å². The van der Waals surface area contributed by atoms with Gasteiger partial charge >= 0.3 is 0 Å². The second kappa shape index (κ2) is 6.24. The van der Waals surface area contributed by atoms with Crippen LogP contribution >= 0.6 is 0 Å². The number of fused-ring (bicyclic) bond motifs is 1. The normalized spacial score (nSPS) is 15.8. The van der Waals surface area contributed by atoms with Gasteiger partial charge in [-0.15, -0.1) is 0 Å². The maximum absolute atomic E-state index is 3.55. The maximum atomic E-state index is 3.55. The summed E-state index contributed by atoms with van der Waals surface area (Å²) in [5.41, 5.74) is 4.45. The van der Waals surface area contributed by atoms with Crippen LogP contribution in [0.2, 0.25) is 0 Å². The molecule has 0 aromatic heterocycles. The molecule has 1 atom stereocenters. The summed E-state index contributed by atoms with van der Waals surface area (Å²) in [4.78, 5) is 2.35. The van der Waals surface area contributed by atoms with Gasteiger partial charge in [0, 0.05) is 25.3 Å². The fraction of sp³-hybridized carbons (Fsp3) is 0.625. The lowest BCUT2D eigenvalue weighted by atomic mass is 10.0. The van der Waals surface area contributed by atoms with Crippen molar-refractivity contribution in [3.8, 4) is 0 Å². The van der Waals surface area contributed by atoms with Crippen LogP contribution in [0, 0.1) is 0 Å². The molecule has 0 radical (unpaired) electrons. The standard InChI is InChI=1S/C16H26N2/c1-4-10-17-13(2)5-6-14-7-8-16-15(12-14)9-11-18(16)3/h7-8,12-13,17H,4-6,9-11H2,1-3H3. The second-order valence-electron chi connectivity index (χ2n) is 5.53. The zero-order valence-electron chi connectivity index (χ0n) is 12.0. The van der Waals surface area contributed by atoms with Gasteiger partial charge in [0.15, 0.2) is 0 Å². The van der Waals surface area contributed by atoms with Crippen molar-refractivity contribution >= 4 is 5.69 Å². The molecule has 1 aliphatic heterocycles. The number of hydrogen-bond acceptors (Lipinski definition) is 2. The molecule has 2 rings (SSSR count). The Kier molecular flexibility index (Phi) is 4.65. The highest BCUT2D eigenvalue weighted by atomic mass is 15.1. The number of nitrogens with zero attached hydrogens (tertiary/aromatic N) is 1. The highest BCUT2D eigenvalue weighted by Crippen LogP contribution is 2.27. The number of anilines is 1. The number of benzene rings is 1. The molecular formula is C16H26N2. The molecule has 0 amide bonds. The molecule has 0 fully saturated rings. The largest absolute Gasteiger partial charge is 0.374 e. The van der Waals surface area contributed by atoms with Crippen LogP contribution in [-0.4, -0.2) is 26.2 Å². The van der Waals surface area contributed by atoms with Crippen molar-refractivity contribution in [1.29, 1.82) is 0 Å². The van der Waals surface area contributed by atoms with Crippen molar-refractivity contribution < 1.29 is 0 Å². The van der Waals surface area contributed by atoms with E-state index in [2.05, 4.69) is 49.3 Å². The van der Waals surface area contributed by atoms with Crippen LogP contribution in [0.1, 0.15) is 37.8 Å². The Labute approximate surface area is 111 Å². The molecule has 1 N–H and O–H groups in total. The minimum absolute atomic E-state index is 0.626. The van der Waals surface area contributed by atoms with Crippen LogP contribution < -0.4 is 10.2 Å². The number of rotatable bonds is 6. The van der Waals surface area contributed by atoms with E-state index in [9.17, 15) is 0 Å². The summed E-state index contributed by atoms with van der Waals surface area (Å²) in [7, 11) is 2.18. The number of aryl methyl sites for hydroxylation is 1. The van der Waals surface area contributed by atoms with Gasteiger partial charge in [-0.1, -0.05) is 19.1 Å². The van der Waals surface area contributed by atoms with Gasteiger partial charge in [-0.05, 0) is 56.3 Å². The van der Waals surface area contributed by atoms with Gasteiger partial charge in [0.05, 0.1) is 0 Å². The summed E-state index contributed by atoms with van der Waals surface area (Å²) in [5.74, 6) is 0. The van der Waals surface area contributed by atoms with Gasteiger partial charge in [0.25, 0.3) is 0 Å². The Morgan fingerprint density at radius 3 is 3.00 bits per heavy atom. The average molecular weight is 246 g/mol. The summed E-state index contributed by atoms with van der Waals surface area (Å²) in [6.07, 6.45) is 4.85. The molecule has 1 heterocycles. The molecule has 18 heavy (non-hydrogen) atoms. The molecule has 2 nitrogen and oxygen atoms in total. The molecule has 2 heteroatoms. The van der Waals surface area contributed by atoms with Crippen LogP contribution in [0.15, 0.2) is 18.2 Å². The Morgan fingerprint density at radius 2 is 2.22 bits per heavy atom. The smallest absolute Gasteiger partial charge is 0.0397 e. The average Bonchev–Trinajstić information content (AvgIpc) is 2.75. The van der Waals surface area contributed by atoms with Crippen LogP contribution in [0.4, 0.5) is 5.69 Å². The van der Waals surface area contributed by atoms with Crippen molar-refractivity contribution in [2.75, 3.05) is 25.0 Å². The van der Waals surface area contributed by atoms with Gasteiger partial charge in [-0.2, -0.15) is 0 Å². The quantitative estimate of drug-likeness (QED) is 0.830. The number of hydrogen-bond donors (Lipinski definition) is 1. The van der Waals surface area contributed by atoms with E-state index in [1.54, 1.807) is 0 Å². The first-order valence-corrected chi connectivity index (χ1v) is 7.27. The molecule has 1 aliphatic rings. The lowest BCUT2D eigenvalue weighted by Gasteiger charge is -2.14. The molecule has 100 valence electrons. The molecule has 0 spiro atoms. The van der Waals surface area contributed by atoms with Crippen molar-refractivity contribution in [2.24, 2.45) is 0 Å². The van der Waals surface area contributed by atoms with E-state index >= 15 is 0 Å². The summed E-state index contributed by atoms with van der Waals surface area (Å²) < 4.78 is 0. The van der Waals surface area contributed by atoms with Crippen LogP contribution in [0.25, 0.3) is 0 Å². The minimum atomic E-state index is 0.626. The van der Waals surface area contributed by atoms with E-state index in [1.807, 2.05) is 0 Å². The predicted octanol–water partition coefficient (Wildman–Crippen LogP) is 3.00. The van der Waals surface area contributed by atoms with E-state index < -0.39 is 0 Å². The Bertz CT molecular complexity index is 387. The summed E-state index contributed by atoms with van der Waals surface area (Å²) >= 11 is 0. The maximum Gasteiger partial charge on any atom is 0.0397 e. The first kappa shape index (κ1) is 13.4. The summed E-state index contributed by atoms with van der Waals surface area (Å²) in [6.45, 7) is 6.82. The molecule has 1 aromatic rings. The van der Waals surface area contributed by atoms with Crippen molar-refractivity contribution in [3.63, 3.8) is 0 Å². The van der Waals surface area contributed by atoms with Crippen molar-refractivity contribution in [1.82, 2.24) is 5.32 Å². The molecule has 0 bridgehead atoms. The Morgan fingerprint density at radius 1 is 1.39 bits per heavy atom. The molecule has 0 aliphatic carbocycles. The SMILES string of the molecule is CCCNC(C)CCc1ccc2c(c1)CCN2C. The van der Waals surface area contributed by atoms with Gasteiger partial charge in [-0.25, -0.2) is 0 Å². The first-order valence-electron chi connectivity index (χ1n) is 7.27. The topological polar surface area (TPSA) is 15.3 Å². The van der Waals surface area contributed by atoms with Crippen molar-refractivity contribution in [2.45, 2.75) is 45.6 Å². The second-order valence-corrected chi connectivity index (χ2v) is 5.53. The van der Waals surface area contributed by atoms with E-state index in [1.165, 1.54) is 49.0 Å². The van der Waals surface area contributed by atoms with Crippen molar-refractivity contribution in [3.05, 3.63) is 29.3 Å². The molecule has 1 unspecified atom stereocenters. The van der Waals surface area contributed by atoms with Crippen LogP contribution in [0.5, 0.6) is 0 Å². The van der Waals surface area contributed by atoms with E-state index in [0.717, 1.165) is 6.54 Å². The minimum Gasteiger partial charge on any atom is -0.374 e. The zero-order valence-corrected chi connectivity index (χ0v) is 12.0. The van der Waals surface area contributed by atoms with Gasteiger partial charge < -0.3 is 10.2 Å². The monoisotopic (exact) mass is 246 g/mol. The fourth-order valence-electron chi connectivity index (χ4n) is 2.65. The summed E-state index contributed by atoms with van der Waals surface area (Å²) in [6, 6.07) is 7.63. The Balaban J connectivity index is 1.87. The van der Waals surface area contributed by atoms with Gasteiger partial charge in [-0.3, -0.25) is 0 Å². The lowest BCUT2D eigenvalue weighted by Crippen LogP contribution is -2.27.